The fraction of sp³-hybridized carbons (Fsp3) is 0.619. The zero-order chi connectivity index (χ0) is 41.6. The Hall–Kier alpha value is -4.24. The summed E-state index contributed by atoms with van der Waals surface area (Å²) in [6.45, 7) is 8.84. The first kappa shape index (κ1) is 43.3. The number of nitrogens with zero attached hydrogens (tertiary/aromatic N) is 4. The van der Waals surface area contributed by atoms with E-state index in [1.54, 1.807) is 9.80 Å². The van der Waals surface area contributed by atoms with Crippen LogP contribution in [0.15, 0.2) is 36.4 Å². The molecule has 4 heterocycles. The predicted molar refractivity (Wildman–Crippen MR) is 214 cm³/mol. The lowest BCUT2D eigenvalue weighted by Crippen LogP contribution is -2.52. The van der Waals surface area contributed by atoms with E-state index in [9.17, 15) is 32.3 Å². The highest BCUT2D eigenvalue weighted by Gasteiger charge is 2.39. The van der Waals surface area contributed by atoms with Crippen LogP contribution in [0.3, 0.4) is 0 Å². The lowest BCUT2D eigenvalue weighted by molar-refractivity contribution is -0.145. The fourth-order valence-electron chi connectivity index (χ4n) is 8.74. The number of hydrogen-bond donors (Lipinski definition) is 2. The van der Waals surface area contributed by atoms with Gasteiger partial charge in [0.25, 0.3) is 5.91 Å². The maximum absolute atomic E-state index is 14.2. The third kappa shape index (κ3) is 11.1. The molecular formula is C42H56ClF3N6O6. The van der Waals surface area contributed by atoms with Gasteiger partial charge in [0.1, 0.15) is 0 Å². The summed E-state index contributed by atoms with van der Waals surface area (Å²) in [7, 11) is 0. The maximum Gasteiger partial charge on any atom is 0.418 e. The monoisotopic (exact) mass is 832 g/mol. The van der Waals surface area contributed by atoms with Crippen LogP contribution >= 0.6 is 11.6 Å². The molecule has 4 aliphatic heterocycles. The molecule has 3 fully saturated rings. The number of hydrogen-bond acceptors (Lipinski definition) is 8. The number of likely N-dealkylation sites (tertiary alicyclic amines) is 3. The smallest absolute Gasteiger partial charge is 0.418 e. The Labute approximate surface area is 343 Å². The van der Waals surface area contributed by atoms with Crippen LogP contribution in [0.1, 0.15) is 75.5 Å². The second kappa shape index (κ2) is 19.2. The van der Waals surface area contributed by atoms with Gasteiger partial charge in [-0.05, 0) is 105 Å². The number of amides is 4. The van der Waals surface area contributed by atoms with E-state index in [1.165, 1.54) is 11.0 Å². The van der Waals surface area contributed by atoms with Crippen molar-refractivity contribution in [3.05, 3.63) is 58.1 Å². The Balaban J connectivity index is 1.05. The second-order valence-electron chi connectivity index (χ2n) is 16.5. The lowest BCUT2D eigenvalue weighted by atomic mass is 9.78. The van der Waals surface area contributed by atoms with Gasteiger partial charge in [0.15, 0.2) is 6.10 Å². The molecule has 0 aliphatic carbocycles. The Kier molecular flexibility index (Phi) is 14.4. The number of nitrogen functional groups attached to an aromatic ring is 1. The molecule has 0 aromatic heterocycles. The van der Waals surface area contributed by atoms with Crippen molar-refractivity contribution < 1.29 is 41.8 Å². The van der Waals surface area contributed by atoms with E-state index < -0.39 is 35.5 Å². The van der Waals surface area contributed by atoms with Gasteiger partial charge in [0, 0.05) is 57.4 Å². The largest absolute Gasteiger partial charge is 0.465 e. The molecule has 1 unspecified atom stereocenters. The number of rotatable bonds is 11. The lowest BCUT2D eigenvalue weighted by Gasteiger charge is -2.41. The van der Waals surface area contributed by atoms with E-state index in [2.05, 4.69) is 10.2 Å². The number of benzene rings is 2. The topological polar surface area (TPSA) is 138 Å². The molecule has 318 valence electrons. The van der Waals surface area contributed by atoms with Gasteiger partial charge in [-0.2, -0.15) is 13.2 Å². The number of anilines is 2. The second-order valence-corrected chi connectivity index (χ2v) is 16.9. The van der Waals surface area contributed by atoms with Gasteiger partial charge < -0.3 is 40.1 Å². The van der Waals surface area contributed by atoms with E-state index >= 15 is 0 Å². The van der Waals surface area contributed by atoms with E-state index in [0.717, 1.165) is 56.1 Å². The normalized spacial score (nSPS) is 19.7. The summed E-state index contributed by atoms with van der Waals surface area (Å²) in [6.07, 6.45) is -1.68. The first-order chi connectivity index (χ1) is 27.7. The van der Waals surface area contributed by atoms with E-state index in [4.69, 9.17) is 26.8 Å². The molecular weight excluding hydrogens is 777 g/mol. The highest BCUT2D eigenvalue weighted by Crippen LogP contribution is 2.39. The molecule has 3 saturated heterocycles. The summed E-state index contributed by atoms with van der Waals surface area (Å²) in [4.78, 5) is 60.3. The zero-order valence-corrected chi connectivity index (χ0v) is 34.2. The minimum Gasteiger partial charge on any atom is -0.465 e. The molecule has 58 heavy (non-hydrogen) atoms. The van der Waals surface area contributed by atoms with Crippen LogP contribution in [0.25, 0.3) is 0 Å². The summed E-state index contributed by atoms with van der Waals surface area (Å²) >= 11 is 6.15. The number of halogens is 4. The fourth-order valence-corrected chi connectivity index (χ4v) is 8.98. The highest BCUT2D eigenvalue weighted by molar-refractivity contribution is 6.33. The molecule has 2 aromatic rings. The zero-order valence-electron chi connectivity index (χ0n) is 33.4. The van der Waals surface area contributed by atoms with E-state index in [0.29, 0.717) is 76.2 Å². The molecule has 1 atom stereocenters. The van der Waals surface area contributed by atoms with Gasteiger partial charge in [-0.15, -0.1) is 0 Å². The summed E-state index contributed by atoms with van der Waals surface area (Å²) in [6, 6.07) is 9.52. The standard InChI is InChI=1S/C42H56ClF3N6O6/c1-27(2)26-57-37(53)14-17-49-15-7-29(8-16-49)30-9-18-50(19-10-30)39(54)36(25-28-23-33(42(44,45)46)38(47)34(43)24-28)58-41(56)51-20-12-32(13-21-51)52-22-11-31-5-3-4-6-35(31)48-40(52)55/h3-6,23-24,27,29-30,32,36H,7-22,25-26,47H2,1-2H3,(H,48,55). The molecule has 4 aliphatic rings. The Morgan fingerprint density at radius 2 is 1.55 bits per heavy atom. The summed E-state index contributed by atoms with van der Waals surface area (Å²) in [5.74, 6) is 0.532. The van der Waals surface area contributed by atoms with Crippen molar-refractivity contribution >= 4 is 47.0 Å². The average Bonchev–Trinajstić information content (AvgIpc) is 3.37. The minimum atomic E-state index is -4.78. The molecule has 2 aromatic carbocycles. The number of ether oxygens (including phenoxy) is 2. The number of piperidine rings is 3. The Morgan fingerprint density at radius 3 is 2.21 bits per heavy atom. The summed E-state index contributed by atoms with van der Waals surface area (Å²) in [5, 5.41) is 2.69. The van der Waals surface area contributed by atoms with Gasteiger partial charge in [-0.3, -0.25) is 9.59 Å². The Morgan fingerprint density at radius 1 is 0.914 bits per heavy atom. The number of esters is 1. The van der Waals surface area contributed by atoms with Gasteiger partial charge in [0.2, 0.25) is 0 Å². The van der Waals surface area contributed by atoms with Crippen molar-refractivity contribution in [3.63, 3.8) is 0 Å². The van der Waals surface area contributed by atoms with Crippen molar-refractivity contribution in [2.45, 2.75) is 90.0 Å². The number of nitrogens with one attached hydrogen (secondary N) is 1. The van der Waals surface area contributed by atoms with Crippen LogP contribution < -0.4 is 11.1 Å². The number of nitrogens with two attached hydrogens (primary N) is 1. The van der Waals surface area contributed by atoms with Crippen LogP contribution in [-0.4, -0.2) is 115 Å². The third-order valence-corrected chi connectivity index (χ3v) is 12.4. The Bertz CT molecular complexity index is 1770. The SMILES string of the molecule is CC(C)COC(=O)CCN1CCC(C2CCN(C(=O)C(Cc3cc(Cl)c(N)c(C(F)(F)F)c3)OC(=O)N3CCC(N4CCc5ccccc5NC4=O)CC3)CC2)CC1. The molecule has 0 radical (unpaired) electrons. The number of urea groups is 1. The first-order valence-electron chi connectivity index (χ1n) is 20.6. The quantitative estimate of drug-likeness (QED) is 0.181. The van der Waals surface area contributed by atoms with Crippen LogP contribution in [0.4, 0.5) is 34.1 Å². The van der Waals surface area contributed by atoms with Crippen molar-refractivity contribution in [1.82, 2.24) is 19.6 Å². The van der Waals surface area contributed by atoms with Crippen LogP contribution in [0.5, 0.6) is 0 Å². The molecule has 0 bridgehead atoms. The van der Waals surface area contributed by atoms with Crippen LogP contribution in [0, 0.1) is 17.8 Å². The van der Waals surface area contributed by atoms with Crippen molar-refractivity contribution in [1.29, 1.82) is 0 Å². The maximum atomic E-state index is 14.2. The first-order valence-corrected chi connectivity index (χ1v) is 21.0. The summed E-state index contributed by atoms with van der Waals surface area (Å²) in [5.41, 5.74) is 5.87. The number of carbonyl (C=O) groups is 4. The van der Waals surface area contributed by atoms with E-state index in [1.807, 2.05) is 38.1 Å². The molecule has 12 nitrogen and oxygen atoms in total. The van der Waals surface area contributed by atoms with Crippen LogP contribution in [0.2, 0.25) is 5.02 Å². The average molecular weight is 833 g/mol. The van der Waals surface area contributed by atoms with Gasteiger partial charge in [0.05, 0.1) is 29.3 Å². The predicted octanol–water partition coefficient (Wildman–Crippen LogP) is 7.08. The molecule has 16 heteroatoms. The van der Waals surface area contributed by atoms with Gasteiger partial charge in [-0.1, -0.05) is 43.6 Å². The number of carbonyl (C=O) groups excluding carboxylic acids is 4. The van der Waals surface area contributed by atoms with E-state index in [-0.39, 0.29) is 48.1 Å². The molecule has 6 rings (SSSR count). The molecule has 0 spiro atoms. The summed E-state index contributed by atoms with van der Waals surface area (Å²) < 4.78 is 52.9. The van der Waals surface area contributed by atoms with Crippen LogP contribution in [-0.2, 0) is 38.1 Å². The minimum absolute atomic E-state index is 0.0689. The number of fused-ring (bicyclic) bond motifs is 1. The van der Waals surface area contributed by atoms with Crippen molar-refractivity contribution in [3.8, 4) is 0 Å². The molecule has 0 saturated carbocycles. The highest BCUT2D eigenvalue weighted by atomic mass is 35.5. The van der Waals surface area contributed by atoms with Crippen molar-refractivity contribution in [2.75, 3.05) is 70.0 Å². The van der Waals surface area contributed by atoms with Gasteiger partial charge in [-0.25, -0.2) is 9.59 Å². The third-order valence-electron chi connectivity index (χ3n) is 12.1. The molecule has 4 amide bonds. The van der Waals surface area contributed by atoms with Gasteiger partial charge >= 0.3 is 24.3 Å². The number of para-hydroxylation sites is 1. The number of alkyl halides is 3. The van der Waals surface area contributed by atoms with Crippen molar-refractivity contribution in [2.24, 2.45) is 17.8 Å². The molecule has 3 N–H and O–H groups in total.